The molecule has 0 saturated carbocycles. The van der Waals surface area contributed by atoms with Gasteiger partial charge in [0.15, 0.2) is 6.61 Å². The van der Waals surface area contributed by atoms with E-state index >= 15 is 0 Å². The van der Waals surface area contributed by atoms with Gasteiger partial charge in [-0.25, -0.2) is 4.98 Å². The van der Waals surface area contributed by atoms with Crippen molar-refractivity contribution in [1.29, 1.82) is 0 Å². The summed E-state index contributed by atoms with van der Waals surface area (Å²) in [5.41, 5.74) is 0.849. The highest BCUT2D eigenvalue weighted by molar-refractivity contribution is 6.31. The fourth-order valence-electron chi connectivity index (χ4n) is 4.19. The van der Waals surface area contributed by atoms with Crippen LogP contribution in [0.25, 0.3) is 16.6 Å². The van der Waals surface area contributed by atoms with Crippen molar-refractivity contribution >= 4 is 28.4 Å². The molecule has 0 aliphatic heterocycles. The minimum absolute atomic E-state index is 0.132. The maximum atomic E-state index is 13.8. The van der Waals surface area contributed by atoms with Crippen LogP contribution in [0.3, 0.4) is 0 Å². The predicted molar refractivity (Wildman–Crippen MR) is 146 cm³/mol. The SMILES string of the molecule is COc1ccc(-n2c(C(C)N(CC(C)C)C(=O)COc3ccccc3)nc3cc(Cl)ccc3c2=O)cc1. The molecule has 7 nitrogen and oxygen atoms in total. The van der Waals surface area contributed by atoms with Crippen molar-refractivity contribution in [2.24, 2.45) is 5.92 Å². The van der Waals surface area contributed by atoms with Gasteiger partial charge in [-0.1, -0.05) is 43.6 Å². The van der Waals surface area contributed by atoms with Gasteiger partial charge in [-0.05, 0) is 67.4 Å². The smallest absolute Gasteiger partial charge is 0.266 e. The third-order valence-corrected chi connectivity index (χ3v) is 6.25. The first kappa shape index (κ1) is 26.2. The molecule has 3 aromatic carbocycles. The standard InChI is InChI=1S/C29H30ClN3O4/c1-19(2)17-32(27(34)18-37-24-8-6-5-7-9-24)20(3)28-31-26-16-21(30)10-15-25(26)29(35)33(28)22-11-13-23(36-4)14-12-22/h5-16,19-20H,17-18H2,1-4H3. The Kier molecular flexibility index (Phi) is 8.14. The van der Waals surface area contributed by atoms with Crippen molar-refractivity contribution in [1.82, 2.24) is 14.5 Å². The van der Waals surface area contributed by atoms with Gasteiger partial charge in [-0.2, -0.15) is 0 Å². The maximum Gasteiger partial charge on any atom is 0.266 e. The largest absolute Gasteiger partial charge is 0.497 e. The van der Waals surface area contributed by atoms with Crippen molar-refractivity contribution in [3.05, 3.63) is 94.0 Å². The summed E-state index contributed by atoms with van der Waals surface area (Å²) in [6, 6.07) is 20.8. The normalized spacial score (nSPS) is 11.9. The molecular formula is C29H30ClN3O4. The van der Waals surface area contributed by atoms with Crippen LogP contribution in [0.4, 0.5) is 0 Å². The van der Waals surface area contributed by atoms with Gasteiger partial charge in [-0.15, -0.1) is 0 Å². The summed E-state index contributed by atoms with van der Waals surface area (Å²) in [7, 11) is 1.59. The summed E-state index contributed by atoms with van der Waals surface area (Å²) in [5, 5.41) is 0.914. The van der Waals surface area contributed by atoms with Crippen molar-refractivity contribution in [3.8, 4) is 17.2 Å². The third kappa shape index (κ3) is 5.94. The van der Waals surface area contributed by atoms with Gasteiger partial charge in [0, 0.05) is 11.6 Å². The Morgan fingerprint density at radius 3 is 2.35 bits per heavy atom. The van der Waals surface area contributed by atoms with E-state index in [-0.39, 0.29) is 24.0 Å². The molecule has 1 aromatic heterocycles. The first-order chi connectivity index (χ1) is 17.8. The third-order valence-electron chi connectivity index (χ3n) is 6.02. The zero-order valence-corrected chi connectivity index (χ0v) is 22.1. The minimum Gasteiger partial charge on any atom is -0.497 e. The number of nitrogens with zero attached hydrogens (tertiary/aromatic N) is 3. The molecule has 0 fully saturated rings. The Labute approximate surface area is 221 Å². The Morgan fingerprint density at radius 1 is 1.00 bits per heavy atom. The molecule has 1 unspecified atom stereocenters. The Bertz CT molecular complexity index is 1440. The van der Waals surface area contributed by atoms with Crippen molar-refractivity contribution in [2.75, 3.05) is 20.3 Å². The van der Waals surface area contributed by atoms with Crippen LogP contribution in [-0.4, -0.2) is 40.6 Å². The lowest BCUT2D eigenvalue weighted by Crippen LogP contribution is -2.41. The molecular weight excluding hydrogens is 490 g/mol. The van der Waals surface area contributed by atoms with Crippen molar-refractivity contribution in [2.45, 2.75) is 26.8 Å². The minimum atomic E-state index is -0.535. The van der Waals surface area contributed by atoms with E-state index < -0.39 is 6.04 Å². The number of benzene rings is 3. The highest BCUT2D eigenvalue weighted by Gasteiger charge is 2.28. The van der Waals surface area contributed by atoms with E-state index in [1.807, 2.05) is 39.0 Å². The predicted octanol–water partition coefficient (Wildman–Crippen LogP) is 5.67. The van der Waals surface area contributed by atoms with Crippen molar-refractivity contribution < 1.29 is 14.3 Å². The maximum absolute atomic E-state index is 13.8. The van der Waals surface area contributed by atoms with Crippen LogP contribution in [0, 0.1) is 5.92 Å². The lowest BCUT2D eigenvalue weighted by molar-refractivity contribution is -0.136. The fraction of sp³-hybridized carbons (Fsp3) is 0.276. The van der Waals surface area contributed by atoms with Gasteiger partial charge >= 0.3 is 0 Å². The molecule has 0 N–H and O–H groups in total. The molecule has 1 heterocycles. The molecule has 8 heteroatoms. The number of carbonyl (C=O) groups excluding carboxylic acids is 1. The van der Waals surface area contributed by atoms with E-state index in [9.17, 15) is 9.59 Å². The average molecular weight is 520 g/mol. The van der Waals surface area contributed by atoms with E-state index in [4.69, 9.17) is 26.1 Å². The molecule has 0 aliphatic rings. The summed E-state index contributed by atoms with van der Waals surface area (Å²) >= 11 is 6.23. The first-order valence-corrected chi connectivity index (χ1v) is 12.5. The molecule has 0 spiro atoms. The van der Waals surface area contributed by atoms with Crippen LogP contribution >= 0.6 is 11.6 Å². The molecule has 0 aliphatic carbocycles. The summed E-state index contributed by atoms with van der Waals surface area (Å²) in [4.78, 5) is 33.8. The van der Waals surface area contributed by atoms with Crippen LogP contribution in [-0.2, 0) is 4.79 Å². The molecule has 0 bridgehead atoms. The fourth-order valence-corrected chi connectivity index (χ4v) is 4.36. The number of hydrogen-bond donors (Lipinski definition) is 0. The second kappa shape index (κ2) is 11.5. The second-order valence-electron chi connectivity index (χ2n) is 9.19. The van der Waals surface area contributed by atoms with Crippen molar-refractivity contribution in [3.63, 3.8) is 0 Å². The topological polar surface area (TPSA) is 73.7 Å². The van der Waals surface area contributed by atoms with Crippen LogP contribution in [0.2, 0.25) is 5.02 Å². The number of fused-ring (bicyclic) bond motifs is 1. The summed E-state index contributed by atoms with van der Waals surface area (Å²) in [6.07, 6.45) is 0. The highest BCUT2D eigenvalue weighted by atomic mass is 35.5. The van der Waals surface area contributed by atoms with Crippen LogP contribution in [0.5, 0.6) is 11.5 Å². The van der Waals surface area contributed by atoms with Gasteiger partial charge < -0.3 is 14.4 Å². The number of carbonyl (C=O) groups is 1. The number of amides is 1. The van der Waals surface area contributed by atoms with E-state index in [1.165, 1.54) is 0 Å². The van der Waals surface area contributed by atoms with Gasteiger partial charge in [0.05, 0.1) is 29.7 Å². The molecule has 0 saturated heterocycles. The van der Waals surface area contributed by atoms with Gasteiger partial charge in [0.25, 0.3) is 11.5 Å². The first-order valence-electron chi connectivity index (χ1n) is 12.1. The number of halogens is 1. The average Bonchev–Trinajstić information content (AvgIpc) is 2.90. The van der Waals surface area contributed by atoms with E-state index in [0.29, 0.717) is 45.5 Å². The molecule has 4 aromatic rings. The number of ether oxygens (including phenoxy) is 2. The molecule has 1 amide bonds. The molecule has 1 atom stereocenters. The highest BCUT2D eigenvalue weighted by Crippen LogP contribution is 2.26. The Balaban J connectivity index is 1.80. The summed E-state index contributed by atoms with van der Waals surface area (Å²) in [5.74, 6) is 1.69. The van der Waals surface area contributed by atoms with Gasteiger partial charge in [0.1, 0.15) is 17.3 Å². The number of para-hydroxylation sites is 1. The monoisotopic (exact) mass is 519 g/mol. The number of methoxy groups -OCH3 is 1. The molecule has 37 heavy (non-hydrogen) atoms. The van der Waals surface area contributed by atoms with Crippen LogP contribution in [0.15, 0.2) is 77.6 Å². The molecule has 0 radical (unpaired) electrons. The summed E-state index contributed by atoms with van der Waals surface area (Å²) < 4.78 is 12.6. The van der Waals surface area contributed by atoms with E-state index in [0.717, 1.165) is 0 Å². The lowest BCUT2D eigenvalue weighted by atomic mass is 10.1. The number of rotatable bonds is 9. The molecule has 4 rings (SSSR count). The van der Waals surface area contributed by atoms with Gasteiger partial charge in [-0.3, -0.25) is 14.2 Å². The Morgan fingerprint density at radius 2 is 1.70 bits per heavy atom. The number of aromatic nitrogens is 2. The number of hydrogen-bond acceptors (Lipinski definition) is 5. The zero-order chi connectivity index (χ0) is 26.5. The summed E-state index contributed by atoms with van der Waals surface area (Å²) in [6.45, 7) is 6.28. The van der Waals surface area contributed by atoms with Crippen LogP contribution < -0.4 is 15.0 Å². The second-order valence-corrected chi connectivity index (χ2v) is 9.62. The van der Waals surface area contributed by atoms with Gasteiger partial charge in [0.2, 0.25) is 0 Å². The zero-order valence-electron chi connectivity index (χ0n) is 21.3. The quantitative estimate of drug-likeness (QED) is 0.285. The van der Waals surface area contributed by atoms with E-state index in [1.54, 1.807) is 71.2 Å². The van der Waals surface area contributed by atoms with E-state index in [2.05, 4.69) is 0 Å². The lowest BCUT2D eigenvalue weighted by Gasteiger charge is -2.32. The van der Waals surface area contributed by atoms with Crippen LogP contribution in [0.1, 0.15) is 32.6 Å². The Hall–Kier alpha value is -3.84. The molecule has 192 valence electrons.